The minimum absolute atomic E-state index is 0.0274. The van der Waals surface area contributed by atoms with Crippen LogP contribution in [-0.4, -0.2) is 37.1 Å². The van der Waals surface area contributed by atoms with Gasteiger partial charge >= 0.3 is 6.03 Å². The Morgan fingerprint density at radius 1 is 1.35 bits per heavy atom. The summed E-state index contributed by atoms with van der Waals surface area (Å²) in [5.74, 6) is 0. The van der Waals surface area contributed by atoms with Crippen LogP contribution in [0, 0.1) is 0 Å². The lowest BCUT2D eigenvalue weighted by Crippen LogP contribution is -2.51. The molecule has 0 spiro atoms. The number of carbonyl (C=O) groups excluding carboxylic acids is 1. The van der Waals surface area contributed by atoms with Gasteiger partial charge in [-0.25, -0.2) is 4.79 Å². The van der Waals surface area contributed by atoms with Gasteiger partial charge in [0.05, 0.1) is 0 Å². The van der Waals surface area contributed by atoms with Crippen molar-refractivity contribution in [2.75, 3.05) is 31.1 Å². The van der Waals surface area contributed by atoms with Crippen molar-refractivity contribution in [2.24, 2.45) is 0 Å². The fourth-order valence-electron chi connectivity index (χ4n) is 2.18. The van der Waals surface area contributed by atoms with Crippen molar-refractivity contribution >= 4 is 23.3 Å². The van der Waals surface area contributed by atoms with E-state index in [-0.39, 0.29) is 6.03 Å². The summed E-state index contributed by atoms with van der Waals surface area (Å²) in [7, 11) is 0. The molecule has 1 aliphatic rings. The number of nitrogens with zero attached hydrogens (tertiary/aromatic N) is 2. The number of hydrogen-bond acceptors (Lipinski definition) is 2. The monoisotopic (exact) mass is 293 g/mol. The summed E-state index contributed by atoms with van der Waals surface area (Å²) in [5, 5.41) is 3.53. The van der Waals surface area contributed by atoms with E-state index in [0.717, 1.165) is 43.3 Å². The van der Waals surface area contributed by atoms with E-state index in [1.807, 2.05) is 42.2 Å². The molecule has 1 aromatic carbocycles. The van der Waals surface area contributed by atoms with E-state index in [1.54, 1.807) is 6.20 Å². The number of anilines is 1. The van der Waals surface area contributed by atoms with E-state index in [1.165, 1.54) is 0 Å². The van der Waals surface area contributed by atoms with E-state index in [9.17, 15) is 4.79 Å². The van der Waals surface area contributed by atoms with Crippen LogP contribution in [0.15, 0.2) is 36.5 Å². The zero-order valence-corrected chi connectivity index (χ0v) is 12.4. The number of allylic oxidation sites excluding steroid dienone is 1. The Morgan fingerprint density at radius 2 is 2.10 bits per heavy atom. The van der Waals surface area contributed by atoms with Crippen molar-refractivity contribution in [3.63, 3.8) is 0 Å². The second-order valence-corrected chi connectivity index (χ2v) is 5.15. The smallest absolute Gasteiger partial charge is 0.321 e. The van der Waals surface area contributed by atoms with E-state index >= 15 is 0 Å². The van der Waals surface area contributed by atoms with Crippen LogP contribution in [0.4, 0.5) is 10.5 Å². The highest BCUT2D eigenvalue weighted by Crippen LogP contribution is 2.20. The van der Waals surface area contributed by atoms with Gasteiger partial charge in [0.15, 0.2) is 0 Å². The first-order chi connectivity index (χ1) is 9.70. The maximum absolute atomic E-state index is 11.9. The van der Waals surface area contributed by atoms with Crippen LogP contribution < -0.4 is 10.2 Å². The van der Waals surface area contributed by atoms with E-state index < -0.39 is 0 Å². The van der Waals surface area contributed by atoms with Crippen LogP contribution in [0.5, 0.6) is 0 Å². The maximum Gasteiger partial charge on any atom is 0.321 e. The van der Waals surface area contributed by atoms with Gasteiger partial charge in [0.1, 0.15) is 0 Å². The molecule has 20 heavy (non-hydrogen) atoms. The molecular formula is C15H20ClN3O. The van der Waals surface area contributed by atoms with E-state index in [2.05, 4.69) is 10.2 Å². The summed E-state index contributed by atoms with van der Waals surface area (Å²) in [6, 6.07) is 7.80. The number of hydrogen-bond donors (Lipinski definition) is 1. The molecule has 0 radical (unpaired) electrons. The molecule has 0 atom stereocenters. The van der Waals surface area contributed by atoms with Gasteiger partial charge in [0, 0.05) is 43.1 Å². The van der Waals surface area contributed by atoms with Crippen LogP contribution in [-0.2, 0) is 0 Å². The van der Waals surface area contributed by atoms with Crippen molar-refractivity contribution in [1.82, 2.24) is 10.2 Å². The van der Waals surface area contributed by atoms with Crippen molar-refractivity contribution in [1.29, 1.82) is 0 Å². The first-order valence-corrected chi connectivity index (χ1v) is 7.29. The molecule has 4 nitrogen and oxygen atoms in total. The van der Waals surface area contributed by atoms with Gasteiger partial charge in [-0.2, -0.15) is 0 Å². The van der Waals surface area contributed by atoms with Gasteiger partial charge in [-0.1, -0.05) is 30.7 Å². The van der Waals surface area contributed by atoms with E-state index in [0.29, 0.717) is 0 Å². The second kappa shape index (κ2) is 7.20. The molecule has 1 aliphatic heterocycles. The maximum atomic E-state index is 11.9. The highest BCUT2D eigenvalue weighted by molar-refractivity contribution is 6.30. The van der Waals surface area contributed by atoms with Gasteiger partial charge in [0.25, 0.3) is 0 Å². The minimum atomic E-state index is -0.0274. The Labute approximate surface area is 125 Å². The second-order valence-electron chi connectivity index (χ2n) is 4.71. The summed E-state index contributed by atoms with van der Waals surface area (Å²) < 4.78 is 0. The van der Waals surface area contributed by atoms with Gasteiger partial charge in [-0.05, 0) is 24.6 Å². The Morgan fingerprint density at radius 3 is 2.75 bits per heavy atom. The Balaban J connectivity index is 1.86. The quantitative estimate of drug-likeness (QED) is 0.929. The van der Waals surface area contributed by atoms with Crippen LogP contribution >= 0.6 is 11.6 Å². The third-order valence-electron chi connectivity index (χ3n) is 3.30. The summed E-state index contributed by atoms with van der Waals surface area (Å²) in [6.45, 7) is 5.12. The molecule has 1 fully saturated rings. The minimum Gasteiger partial charge on any atom is -0.368 e. The molecule has 0 aromatic heterocycles. The summed E-state index contributed by atoms with van der Waals surface area (Å²) >= 11 is 6.01. The zero-order chi connectivity index (χ0) is 14.4. The fraction of sp³-hybridized carbons (Fsp3) is 0.400. The molecule has 108 valence electrons. The molecule has 1 saturated heterocycles. The van der Waals surface area contributed by atoms with Gasteiger partial charge in [0.2, 0.25) is 0 Å². The number of amides is 2. The molecule has 2 amide bonds. The zero-order valence-electron chi connectivity index (χ0n) is 11.7. The number of rotatable bonds is 3. The summed E-state index contributed by atoms with van der Waals surface area (Å²) in [4.78, 5) is 16.0. The third-order valence-corrected chi connectivity index (χ3v) is 3.54. The van der Waals surface area contributed by atoms with Crippen LogP contribution in [0.3, 0.4) is 0 Å². The summed E-state index contributed by atoms with van der Waals surface area (Å²) in [5.41, 5.74) is 1.11. The Bertz CT molecular complexity index is 482. The third kappa shape index (κ3) is 3.90. The molecule has 1 aromatic rings. The Hall–Kier alpha value is -1.68. The highest BCUT2D eigenvalue weighted by atomic mass is 35.5. The van der Waals surface area contributed by atoms with Gasteiger partial charge < -0.3 is 15.1 Å². The largest absolute Gasteiger partial charge is 0.368 e. The molecule has 2 rings (SSSR count). The predicted molar refractivity (Wildman–Crippen MR) is 83.2 cm³/mol. The first kappa shape index (κ1) is 14.7. The summed E-state index contributed by atoms with van der Waals surface area (Å²) in [6.07, 6.45) is 4.56. The fourth-order valence-corrected chi connectivity index (χ4v) is 2.36. The lowest BCUT2D eigenvalue weighted by atomic mass is 10.2. The highest BCUT2D eigenvalue weighted by Gasteiger charge is 2.20. The number of nitrogens with one attached hydrogen (secondary N) is 1. The number of piperazine rings is 1. The average Bonchev–Trinajstić information content (AvgIpc) is 2.47. The SMILES string of the molecule is CC/C=C/NC(=O)N1CCN(c2cccc(Cl)c2)CC1. The van der Waals surface area contributed by atoms with E-state index in [4.69, 9.17) is 11.6 Å². The van der Waals surface area contributed by atoms with Gasteiger partial charge in [-0.3, -0.25) is 0 Å². The molecule has 1 N–H and O–H groups in total. The predicted octanol–water partition coefficient (Wildman–Crippen LogP) is 3.10. The standard InChI is InChI=1S/C15H20ClN3O/c1-2-3-7-17-15(20)19-10-8-18(9-11-19)14-6-4-5-13(16)12-14/h3-7,12H,2,8-11H2,1H3,(H,17,20)/b7-3+. The van der Waals surface area contributed by atoms with Gasteiger partial charge in [-0.15, -0.1) is 0 Å². The normalized spacial score (nSPS) is 15.7. The number of halogens is 1. The molecule has 5 heteroatoms. The molecule has 0 bridgehead atoms. The lowest BCUT2D eigenvalue weighted by molar-refractivity contribution is 0.198. The van der Waals surface area contributed by atoms with Crippen LogP contribution in [0.2, 0.25) is 5.02 Å². The Kier molecular flexibility index (Phi) is 5.30. The lowest BCUT2D eigenvalue weighted by Gasteiger charge is -2.35. The molecule has 0 unspecified atom stereocenters. The first-order valence-electron chi connectivity index (χ1n) is 6.91. The van der Waals surface area contributed by atoms with Crippen LogP contribution in [0.25, 0.3) is 0 Å². The molecule has 0 aliphatic carbocycles. The number of carbonyl (C=O) groups is 1. The molecule has 1 heterocycles. The molecular weight excluding hydrogens is 274 g/mol. The van der Waals surface area contributed by atoms with Crippen molar-refractivity contribution in [3.05, 3.63) is 41.6 Å². The number of benzene rings is 1. The van der Waals surface area contributed by atoms with Crippen LogP contribution in [0.1, 0.15) is 13.3 Å². The van der Waals surface area contributed by atoms with Crippen molar-refractivity contribution in [3.8, 4) is 0 Å². The number of urea groups is 1. The molecule has 0 saturated carbocycles. The topological polar surface area (TPSA) is 35.6 Å². The van der Waals surface area contributed by atoms with Crippen molar-refractivity contribution < 1.29 is 4.79 Å². The van der Waals surface area contributed by atoms with Crippen molar-refractivity contribution in [2.45, 2.75) is 13.3 Å². The average molecular weight is 294 g/mol.